The summed E-state index contributed by atoms with van der Waals surface area (Å²) in [6, 6.07) is 9.39. The number of H-pyrrole nitrogens is 1. The number of halogens is 2. The van der Waals surface area contributed by atoms with Gasteiger partial charge in [-0.3, -0.25) is 9.59 Å². The predicted molar refractivity (Wildman–Crippen MR) is 118 cm³/mol. The number of aliphatic hydroxyl groups excluding tert-OH is 1. The highest BCUT2D eigenvalue weighted by Gasteiger charge is 2.22. The molecule has 0 fully saturated rings. The van der Waals surface area contributed by atoms with Gasteiger partial charge >= 0.3 is 0 Å². The van der Waals surface area contributed by atoms with Crippen molar-refractivity contribution in [3.63, 3.8) is 0 Å². The first-order chi connectivity index (χ1) is 14.5. The van der Waals surface area contributed by atoms with Crippen LogP contribution >= 0.6 is 27.5 Å². The van der Waals surface area contributed by atoms with Gasteiger partial charge in [-0.1, -0.05) is 39.7 Å². The lowest BCUT2D eigenvalue weighted by Gasteiger charge is -2.17. The van der Waals surface area contributed by atoms with E-state index in [1.165, 1.54) is 6.07 Å². The molecule has 30 heavy (non-hydrogen) atoms. The number of aliphatic hydroxyl groups is 1. The van der Waals surface area contributed by atoms with E-state index in [9.17, 15) is 14.7 Å². The number of aromatic amines is 1. The summed E-state index contributed by atoms with van der Waals surface area (Å²) in [5.41, 5.74) is 2.14. The van der Waals surface area contributed by atoms with Crippen molar-refractivity contribution in [1.29, 1.82) is 0 Å². The topological polar surface area (TPSA) is 98.3 Å². The SMILES string of the molecule is O=C(NC(CO)c1nc2ccc(Br)cc2[nH]1)c1ccc(C(=O)N2CC=CC2)c(Cl)c1. The largest absolute Gasteiger partial charge is 0.394 e. The fraction of sp³-hybridized carbons (Fsp3) is 0.190. The summed E-state index contributed by atoms with van der Waals surface area (Å²) < 4.78 is 0.892. The van der Waals surface area contributed by atoms with Crippen LogP contribution < -0.4 is 5.32 Å². The molecule has 0 aliphatic carbocycles. The van der Waals surface area contributed by atoms with Gasteiger partial charge in [-0.25, -0.2) is 4.98 Å². The fourth-order valence-electron chi connectivity index (χ4n) is 3.25. The number of fused-ring (bicyclic) bond motifs is 1. The summed E-state index contributed by atoms with van der Waals surface area (Å²) in [7, 11) is 0. The minimum absolute atomic E-state index is 0.182. The number of amides is 2. The molecule has 0 saturated carbocycles. The number of nitrogens with zero attached hydrogens (tertiary/aromatic N) is 2. The molecule has 0 radical (unpaired) electrons. The first kappa shape index (κ1) is 20.6. The Labute approximate surface area is 185 Å². The van der Waals surface area contributed by atoms with E-state index in [-0.39, 0.29) is 23.1 Å². The van der Waals surface area contributed by atoms with Gasteiger partial charge in [0.15, 0.2) is 0 Å². The van der Waals surface area contributed by atoms with E-state index in [0.29, 0.717) is 24.5 Å². The van der Waals surface area contributed by atoms with E-state index < -0.39 is 11.9 Å². The lowest BCUT2D eigenvalue weighted by Crippen LogP contribution is -2.32. The number of nitrogens with one attached hydrogen (secondary N) is 2. The Morgan fingerprint density at radius 1 is 1.23 bits per heavy atom. The van der Waals surface area contributed by atoms with Crippen LogP contribution in [0, 0.1) is 0 Å². The van der Waals surface area contributed by atoms with E-state index >= 15 is 0 Å². The Morgan fingerprint density at radius 2 is 2.00 bits per heavy atom. The maximum atomic E-state index is 12.7. The molecule has 1 aromatic heterocycles. The molecule has 7 nitrogen and oxygen atoms in total. The predicted octanol–water partition coefficient (Wildman–Crippen LogP) is 3.45. The second-order valence-corrected chi connectivity index (χ2v) is 8.19. The number of imidazole rings is 1. The number of carbonyl (C=O) groups is 2. The molecule has 154 valence electrons. The van der Waals surface area contributed by atoms with Crippen LogP contribution in [0.4, 0.5) is 0 Å². The molecule has 3 aromatic rings. The summed E-state index contributed by atoms with van der Waals surface area (Å²) in [4.78, 5) is 34.4. The van der Waals surface area contributed by atoms with Crippen LogP contribution in [0.25, 0.3) is 11.0 Å². The van der Waals surface area contributed by atoms with Crippen LogP contribution in [0.1, 0.15) is 32.6 Å². The molecule has 0 spiro atoms. The molecule has 0 bridgehead atoms. The average molecular weight is 490 g/mol. The summed E-state index contributed by atoms with van der Waals surface area (Å²) in [6.07, 6.45) is 3.83. The van der Waals surface area contributed by atoms with E-state index in [1.807, 2.05) is 30.4 Å². The van der Waals surface area contributed by atoms with Crippen LogP contribution in [0.3, 0.4) is 0 Å². The number of carbonyl (C=O) groups excluding carboxylic acids is 2. The van der Waals surface area contributed by atoms with E-state index in [0.717, 1.165) is 15.5 Å². The first-order valence-corrected chi connectivity index (χ1v) is 10.4. The first-order valence-electron chi connectivity index (χ1n) is 9.27. The highest BCUT2D eigenvalue weighted by Crippen LogP contribution is 2.23. The number of hydrogen-bond donors (Lipinski definition) is 3. The monoisotopic (exact) mass is 488 g/mol. The van der Waals surface area contributed by atoms with Gasteiger partial charge in [0.2, 0.25) is 0 Å². The molecule has 1 aliphatic rings. The van der Waals surface area contributed by atoms with Crippen LogP contribution in [-0.2, 0) is 0 Å². The lowest BCUT2D eigenvalue weighted by molar-refractivity contribution is 0.0799. The molecule has 0 saturated heterocycles. The van der Waals surface area contributed by atoms with Crippen LogP contribution in [-0.4, -0.2) is 51.5 Å². The zero-order valence-corrected chi connectivity index (χ0v) is 18.1. The van der Waals surface area contributed by atoms with Crippen molar-refractivity contribution >= 4 is 50.4 Å². The third-order valence-corrected chi connectivity index (χ3v) is 5.65. The highest BCUT2D eigenvalue weighted by atomic mass is 79.9. The second kappa shape index (κ2) is 8.59. The smallest absolute Gasteiger partial charge is 0.255 e. The Kier molecular flexibility index (Phi) is 5.90. The zero-order chi connectivity index (χ0) is 21.3. The van der Waals surface area contributed by atoms with E-state index in [2.05, 4.69) is 31.2 Å². The van der Waals surface area contributed by atoms with Gasteiger partial charge in [0.1, 0.15) is 11.9 Å². The van der Waals surface area contributed by atoms with Gasteiger partial charge in [0.25, 0.3) is 11.8 Å². The third kappa shape index (κ3) is 4.12. The minimum atomic E-state index is -0.723. The Hall–Kier alpha value is -2.68. The zero-order valence-electron chi connectivity index (χ0n) is 15.7. The Bertz CT molecular complexity index is 1150. The summed E-state index contributed by atoms with van der Waals surface area (Å²) in [5.74, 6) is -0.170. The number of rotatable bonds is 5. The molecule has 9 heteroatoms. The van der Waals surface area contributed by atoms with Gasteiger partial charge in [0.05, 0.1) is 28.2 Å². The molecule has 2 heterocycles. The number of aromatic nitrogens is 2. The van der Waals surface area contributed by atoms with Gasteiger partial charge in [0, 0.05) is 23.1 Å². The fourth-order valence-corrected chi connectivity index (χ4v) is 3.88. The molecule has 2 aromatic carbocycles. The van der Waals surface area contributed by atoms with Crippen LogP contribution in [0.5, 0.6) is 0 Å². The average Bonchev–Trinajstić information content (AvgIpc) is 3.40. The molecular weight excluding hydrogens is 472 g/mol. The van der Waals surface area contributed by atoms with Gasteiger partial charge in [-0.05, 0) is 36.4 Å². The van der Waals surface area contributed by atoms with E-state index in [1.54, 1.807) is 17.0 Å². The normalized spacial score (nSPS) is 14.3. The van der Waals surface area contributed by atoms with Crippen LogP contribution in [0.15, 0.2) is 53.0 Å². The Balaban J connectivity index is 1.51. The molecule has 1 unspecified atom stereocenters. The van der Waals surface area contributed by atoms with Crippen LogP contribution in [0.2, 0.25) is 5.02 Å². The number of hydrogen-bond acceptors (Lipinski definition) is 4. The maximum absolute atomic E-state index is 12.7. The quantitative estimate of drug-likeness (QED) is 0.478. The third-order valence-electron chi connectivity index (χ3n) is 4.85. The van der Waals surface area contributed by atoms with Crippen molar-refractivity contribution in [1.82, 2.24) is 20.2 Å². The Morgan fingerprint density at radius 3 is 2.70 bits per heavy atom. The van der Waals surface area contributed by atoms with Crippen molar-refractivity contribution in [3.05, 3.63) is 75.0 Å². The summed E-state index contributed by atoms with van der Waals surface area (Å²) in [6.45, 7) is 0.756. The molecule has 4 rings (SSSR count). The second-order valence-electron chi connectivity index (χ2n) is 6.87. The molecule has 3 N–H and O–H groups in total. The van der Waals surface area contributed by atoms with Gasteiger partial charge < -0.3 is 20.3 Å². The van der Waals surface area contributed by atoms with Crippen molar-refractivity contribution in [3.8, 4) is 0 Å². The maximum Gasteiger partial charge on any atom is 0.255 e. The summed E-state index contributed by atoms with van der Waals surface area (Å²) >= 11 is 9.68. The van der Waals surface area contributed by atoms with Crippen molar-refractivity contribution < 1.29 is 14.7 Å². The van der Waals surface area contributed by atoms with Crippen molar-refractivity contribution in [2.24, 2.45) is 0 Å². The number of benzene rings is 2. The minimum Gasteiger partial charge on any atom is -0.394 e. The van der Waals surface area contributed by atoms with E-state index in [4.69, 9.17) is 11.6 Å². The van der Waals surface area contributed by atoms with Gasteiger partial charge in [-0.15, -0.1) is 0 Å². The highest BCUT2D eigenvalue weighted by molar-refractivity contribution is 9.10. The molecule has 1 aliphatic heterocycles. The van der Waals surface area contributed by atoms with Gasteiger partial charge in [-0.2, -0.15) is 0 Å². The standard InChI is InChI=1S/C21H18BrClN4O3/c22-13-4-6-16-17(10-13)25-19(24-16)18(11-28)26-20(29)12-3-5-14(15(23)9-12)21(30)27-7-1-2-8-27/h1-6,9-10,18,28H,7-8,11H2,(H,24,25)(H,26,29). The summed E-state index contributed by atoms with van der Waals surface area (Å²) in [5, 5.41) is 12.7. The molecular formula is C21H18BrClN4O3. The lowest BCUT2D eigenvalue weighted by atomic mass is 10.1. The molecule has 2 amide bonds. The van der Waals surface area contributed by atoms with Crippen molar-refractivity contribution in [2.45, 2.75) is 6.04 Å². The molecule has 1 atom stereocenters. The van der Waals surface area contributed by atoms with Crippen molar-refractivity contribution in [2.75, 3.05) is 19.7 Å².